The normalized spacial score (nSPS) is 10.8. The molecule has 1 N–H and O–H groups in total. The molecule has 0 atom stereocenters. The number of aryl methyl sites for hydroxylation is 1. The van der Waals surface area contributed by atoms with Crippen LogP contribution in [0, 0.1) is 6.92 Å². The van der Waals surface area contributed by atoms with Gasteiger partial charge in [0.25, 0.3) is 5.91 Å². The van der Waals surface area contributed by atoms with Gasteiger partial charge in [0.2, 0.25) is 11.9 Å². The van der Waals surface area contributed by atoms with Crippen molar-refractivity contribution in [3.05, 3.63) is 84.4 Å². The third kappa shape index (κ3) is 5.81. The van der Waals surface area contributed by atoms with E-state index in [0.29, 0.717) is 11.6 Å². The molecule has 2 heterocycles. The van der Waals surface area contributed by atoms with Crippen LogP contribution in [0.25, 0.3) is 16.9 Å². The summed E-state index contributed by atoms with van der Waals surface area (Å²) in [5.41, 5.74) is 3.50. The standard InChI is InChI=1S/C27H28N4O5/c1-19-6-10-21(11-7-19)31-17-23(20-8-12-22(35-3)13-9-20)28-27(31)29-25(32)18-30(14-16-34-2)26(33)24-5-4-15-36-24/h4-13,15,17H,14,16,18H2,1-3H3,(H,28,29,32). The van der Waals surface area contributed by atoms with E-state index >= 15 is 0 Å². The number of amides is 2. The van der Waals surface area contributed by atoms with Gasteiger partial charge < -0.3 is 18.8 Å². The molecular weight excluding hydrogens is 460 g/mol. The molecule has 2 aromatic carbocycles. The lowest BCUT2D eigenvalue weighted by molar-refractivity contribution is -0.117. The van der Waals surface area contributed by atoms with Crippen LogP contribution in [0.1, 0.15) is 16.1 Å². The number of methoxy groups -OCH3 is 2. The zero-order valence-electron chi connectivity index (χ0n) is 20.4. The maximum Gasteiger partial charge on any atom is 0.290 e. The number of ether oxygens (including phenoxy) is 2. The number of anilines is 1. The fourth-order valence-electron chi connectivity index (χ4n) is 3.62. The zero-order valence-corrected chi connectivity index (χ0v) is 20.4. The second kappa shape index (κ2) is 11.4. The second-order valence-corrected chi connectivity index (χ2v) is 8.13. The first-order valence-electron chi connectivity index (χ1n) is 11.4. The zero-order chi connectivity index (χ0) is 25.5. The average molecular weight is 489 g/mol. The number of carbonyl (C=O) groups is 2. The van der Waals surface area contributed by atoms with Gasteiger partial charge in [-0.25, -0.2) is 4.98 Å². The molecule has 36 heavy (non-hydrogen) atoms. The van der Waals surface area contributed by atoms with Crippen LogP contribution in [0.3, 0.4) is 0 Å². The molecule has 0 aliphatic rings. The summed E-state index contributed by atoms with van der Waals surface area (Å²) in [4.78, 5) is 32.0. The van der Waals surface area contributed by atoms with Gasteiger partial charge in [-0.15, -0.1) is 0 Å². The molecule has 0 radical (unpaired) electrons. The molecule has 9 heteroatoms. The smallest absolute Gasteiger partial charge is 0.290 e. The number of aromatic nitrogens is 2. The van der Waals surface area contributed by atoms with Crippen LogP contribution in [0.5, 0.6) is 5.75 Å². The van der Waals surface area contributed by atoms with Crippen molar-refractivity contribution in [3.8, 4) is 22.7 Å². The molecule has 0 spiro atoms. The average Bonchev–Trinajstić information content (AvgIpc) is 3.57. The summed E-state index contributed by atoms with van der Waals surface area (Å²) in [6, 6.07) is 18.6. The van der Waals surface area contributed by atoms with Gasteiger partial charge in [0.05, 0.1) is 25.7 Å². The number of carbonyl (C=O) groups excluding carboxylic acids is 2. The molecule has 0 aliphatic carbocycles. The van der Waals surface area contributed by atoms with Gasteiger partial charge in [-0.1, -0.05) is 17.7 Å². The molecular formula is C27H28N4O5. The van der Waals surface area contributed by atoms with Gasteiger partial charge in [0.1, 0.15) is 12.3 Å². The predicted molar refractivity (Wildman–Crippen MR) is 135 cm³/mol. The van der Waals surface area contributed by atoms with E-state index < -0.39 is 11.8 Å². The Kier molecular flexibility index (Phi) is 7.82. The summed E-state index contributed by atoms with van der Waals surface area (Å²) >= 11 is 0. The third-order valence-corrected chi connectivity index (χ3v) is 5.57. The van der Waals surface area contributed by atoms with Crippen molar-refractivity contribution in [1.29, 1.82) is 0 Å². The maximum atomic E-state index is 13.1. The molecule has 2 aromatic heterocycles. The summed E-state index contributed by atoms with van der Waals surface area (Å²) in [7, 11) is 3.15. The van der Waals surface area contributed by atoms with Crippen LogP contribution in [0.4, 0.5) is 5.95 Å². The Morgan fingerprint density at radius 3 is 2.44 bits per heavy atom. The van der Waals surface area contributed by atoms with Crippen LogP contribution in [-0.4, -0.2) is 60.2 Å². The second-order valence-electron chi connectivity index (χ2n) is 8.13. The number of nitrogens with one attached hydrogen (secondary N) is 1. The molecule has 0 unspecified atom stereocenters. The number of imidazole rings is 1. The molecule has 2 amide bonds. The van der Waals surface area contributed by atoms with Gasteiger partial charge in [-0.3, -0.25) is 19.5 Å². The van der Waals surface area contributed by atoms with Crippen molar-refractivity contribution in [3.63, 3.8) is 0 Å². The lowest BCUT2D eigenvalue weighted by Gasteiger charge is -2.20. The van der Waals surface area contributed by atoms with Crippen molar-refractivity contribution < 1.29 is 23.5 Å². The van der Waals surface area contributed by atoms with Gasteiger partial charge in [0.15, 0.2) is 5.76 Å². The lowest BCUT2D eigenvalue weighted by atomic mass is 10.1. The Balaban J connectivity index is 1.60. The Hall–Kier alpha value is -4.37. The monoisotopic (exact) mass is 488 g/mol. The Morgan fingerprint density at radius 2 is 1.81 bits per heavy atom. The number of benzene rings is 2. The van der Waals surface area contributed by atoms with Crippen LogP contribution in [-0.2, 0) is 9.53 Å². The highest BCUT2D eigenvalue weighted by Crippen LogP contribution is 2.26. The first-order chi connectivity index (χ1) is 17.5. The third-order valence-electron chi connectivity index (χ3n) is 5.57. The summed E-state index contributed by atoms with van der Waals surface area (Å²) in [6.07, 6.45) is 3.28. The van der Waals surface area contributed by atoms with E-state index in [2.05, 4.69) is 10.3 Å². The molecule has 0 saturated heterocycles. The Labute approximate surface area is 209 Å². The topological polar surface area (TPSA) is 98.8 Å². The first kappa shape index (κ1) is 24.7. The number of hydrogen-bond donors (Lipinski definition) is 1. The predicted octanol–water partition coefficient (Wildman–Crippen LogP) is 4.18. The van der Waals surface area contributed by atoms with E-state index in [0.717, 1.165) is 22.6 Å². The minimum Gasteiger partial charge on any atom is -0.497 e. The maximum absolute atomic E-state index is 13.1. The number of rotatable bonds is 10. The molecule has 0 aliphatic heterocycles. The molecule has 4 rings (SSSR count). The Bertz CT molecular complexity index is 1300. The van der Waals surface area contributed by atoms with Gasteiger partial charge >= 0.3 is 0 Å². The van der Waals surface area contributed by atoms with Gasteiger partial charge in [-0.05, 0) is 55.5 Å². The van der Waals surface area contributed by atoms with Crippen molar-refractivity contribution in [2.24, 2.45) is 0 Å². The fraction of sp³-hybridized carbons (Fsp3) is 0.222. The number of hydrogen-bond acceptors (Lipinski definition) is 6. The van der Waals surface area contributed by atoms with Crippen molar-refractivity contribution in [2.75, 3.05) is 39.2 Å². The minimum absolute atomic E-state index is 0.154. The first-order valence-corrected chi connectivity index (χ1v) is 11.4. The van der Waals surface area contributed by atoms with E-state index in [4.69, 9.17) is 13.9 Å². The quantitative estimate of drug-likeness (QED) is 0.360. The molecule has 0 bridgehead atoms. The number of furan rings is 1. The molecule has 9 nitrogen and oxygen atoms in total. The van der Waals surface area contributed by atoms with Crippen LogP contribution in [0.2, 0.25) is 0 Å². The SMILES string of the molecule is COCCN(CC(=O)Nc1nc(-c2ccc(OC)cc2)cn1-c1ccc(C)cc1)C(=O)c1ccco1. The van der Waals surface area contributed by atoms with E-state index in [1.54, 1.807) is 19.2 Å². The van der Waals surface area contributed by atoms with E-state index in [1.165, 1.54) is 18.3 Å². The Morgan fingerprint density at radius 1 is 1.06 bits per heavy atom. The number of nitrogens with zero attached hydrogens (tertiary/aromatic N) is 3. The van der Waals surface area contributed by atoms with Crippen LogP contribution in [0.15, 0.2) is 77.5 Å². The molecule has 0 saturated carbocycles. The van der Waals surface area contributed by atoms with Crippen molar-refractivity contribution in [1.82, 2.24) is 14.5 Å². The fourth-order valence-corrected chi connectivity index (χ4v) is 3.62. The summed E-state index contributed by atoms with van der Waals surface area (Å²) < 4.78 is 17.4. The van der Waals surface area contributed by atoms with Crippen molar-refractivity contribution in [2.45, 2.75) is 6.92 Å². The largest absolute Gasteiger partial charge is 0.497 e. The molecule has 186 valence electrons. The summed E-state index contributed by atoms with van der Waals surface area (Å²) in [5, 5.41) is 2.87. The highest BCUT2D eigenvalue weighted by molar-refractivity contribution is 5.97. The minimum atomic E-state index is -0.397. The van der Waals surface area contributed by atoms with Crippen molar-refractivity contribution >= 4 is 17.8 Å². The van der Waals surface area contributed by atoms with E-state index in [9.17, 15) is 9.59 Å². The molecule has 0 fully saturated rings. The summed E-state index contributed by atoms with van der Waals surface area (Å²) in [6.45, 7) is 2.32. The highest BCUT2D eigenvalue weighted by atomic mass is 16.5. The van der Waals surface area contributed by atoms with E-state index in [1.807, 2.05) is 66.2 Å². The van der Waals surface area contributed by atoms with Gasteiger partial charge in [-0.2, -0.15) is 0 Å². The molecule has 4 aromatic rings. The van der Waals surface area contributed by atoms with Crippen LogP contribution < -0.4 is 10.1 Å². The highest BCUT2D eigenvalue weighted by Gasteiger charge is 2.22. The van der Waals surface area contributed by atoms with Crippen LogP contribution >= 0.6 is 0 Å². The van der Waals surface area contributed by atoms with Gasteiger partial charge in [0, 0.05) is 31.1 Å². The summed E-state index contributed by atoms with van der Waals surface area (Å²) in [5.74, 6) is 0.440. The lowest BCUT2D eigenvalue weighted by Crippen LogP contribution is -2.40. The van der Waals surface area contributed by atoms with E-state index in [-0.39, 0.29) is 25.5 Å².